The fourth-order valence-corrected chi connectivity index (χ4v) is 1.77. The molecule has 1 aromatic rings. The molecule has 0 aliphatic rings. The molecule has 0 radical (unpaired) electrons. The molecule has 5 heteroatoms. The SMILES string of the molecule is CCCNC(N)=NCC(O)c1ccsc1. The summed E-state index contributed by atoms with van der Waals surface area (Å²) < 4.78 is 0. The van der Waals surface area contributed by atoms with Gasteiger partial charge < -0.3 is 16.2 Å². The van der Waals surface area contributed by atoms with Crippen molar-refractivity contribution in [3.8, 4) is 0 Å². The first-order chi connectivity index (χ1) is 7.24. The van der Waals surface area contributed by atoms with Crippen molar-refractivity contribution in [1.82, 2.24) is 5.32 Å². The molecule has 0 aromatic carbocycles. The molecule has 0 aliphatic carbocycles. The van der Waals surface area contributed by atoms with E-state index in [1.165, 1.54) is 0 Å². The Hall–Kier alpha value is -1.07. The number of hydrogen-bond acceptors (Lipinski definition) is 3. The van der Waals surface area contributed by atoms with Crippen LogP contribution in [0.1, 0.15) is 25.0 Å². The summed E-state index contributed by atoms with van der Waals surface area (Å²) in [5, 5.41) is 16.5. The van der Waals surface area contributed by atoms with Crippen LogP contribution in [-0.2, 0) is 0 Å². The smallest absolute Gasteiger partial charge is 0.188 e. The molecular weight excluding hydrogens is 210 g/mol. The summed E-state index contributed by atoms with van der Waals surface area (Å²) in [4.78, 5) is 4.06. The summed E-state index contributed by atoms with van der Waals surface area (Å²) in [6, 6.07) is 1.89. The van der Waals surface area contributed by atoms with E-state index in [4.69, 9.17) is 5.73 Å². The highest BCUT2D eigenvalue weighted by molar-refractivity contribution is 7.07. The second-order valence-corrected chi connectivity index (χ2v) is 4.01. The van der Waals surface area contributed by atoms with E-state index in [0.29, 0.717) is 12.5 Å². The van der Waals surface area contributed by atoms with E-state index in [1.807, 2.05) is 16.8 Å². The first-order valence-corrected chi connectivity index (χ1v) is 5.92. The van der Waals surface area contributed by atoms with Gasteiger partial charge in [-0.1, -0.05) is 6.92 Å². The lowest BCUT2D eigenvalue weighted by Gasteiger charge is -2.07. The maximum atomic E-state index is 9.70. The van der Waals surface area contributed by atoms with Gasteiger partial charge in [0.2, 0.25) is 0 Å². The zero-order chi connectivity index (χ0) is 11.1. The molecule has 15 heavy (non-hydrogen) atoms. The average Bonchev–Trinajstić information content (AvgIpc) is 2.76. The fraction of sp³-hybridized carbons (Fsp3) is 0.500. The largest absolute Gasteiger partial charge is 0.386 e. The van der Waals surface area contributed by atoms with E-state index < -0.39 is 6.10 Å². The molecule has 4 nitrogen and oxygen atoms in total. The number of hydrogen-bond donors (Lipinski definition) is 3. The third kappa shape index (κ3) is 4.31. The summed E-state index contributed by atoms with van der Waals surface area (Å²) >= 11 is 1.56. The molecule has 0 aliphatic heterocycles. The molecular formula is C10H17N3OS. The van der Waals surface area contributed by atoms with Gasteiger partial charge in [0.1, 0.15) is 0 Å². The molecule has 0 saturated heterocycles. The van der Waals surface area contributed by atoms with Gasteiger partial charge in [-0.05, 0) is 28.8 Å². The quantitative estimate of drug-likeness (QED) is 0.521. The molecule has 0 amide bonds. The van der Waals surface area contributed by atoms with Crippen LogP contribution < -0.4 is 11.1 Å². The van der Waals surface area contributed by atoms with Crippen molar-refractivity contribution in [2.24, 2.45) is 10.7 Å². The Morgan fingerprint density at radius 1 is 1.73 bits per heavy atom. The monoisotopic (exact) mass is 227 g/mol. The van der Waals surface area contributed by atoms with Gasteiger partial charge in [0.05, 0.1) is 12.6 Å². The number of nitrogens with one attached hydrogen (secondary N) is 1. The zero-order valence-corrected chi connectivity index (χ0v) is 9.63. The molecule has 84 valence electrons. The van der Waals surface area contributed by atoms with Gasteiger partial charge in [-0.25, -0.2) is 0 Å². The van der Waals surface area contributed by atoms with Crippen LogP contribution in [0.3, 0.4) is 0 Å². The highest BCUT2D eigenvalue weighted by Gasteiger charge is 2.06. The molecule has 4 N–H and O–H groups in total. The first kappa shape index (κ1) is 12.0. The highest BCUT2D eigenvalue weighted by atomic mass is 32.1. The number of guanidine groups is 1. The summed E-state index contributed by atoms with van der Waals surface area (Å²) in [7, 11) is 0. The van der Waals surface area contributed by atoms with Crippen molar-refractivity contribution >= 4 is 17.3 Å². The van der Waals surface area contributed by atoms with Gasteiger partial charge in [-0.15, -0.1) is 0 Å². The minimum atomic E-state index is -0.557. The van der Waals surface area contributed by atoms with Crippen LogP contribution in [0, 0.1) is 0 Å². The Kier molecular flexibility index (Phi) is 5.14. The van der Waals surface area contributed by atoms with E-state index in [9.17, 15) is 5.11 Å². The van der Waals surface area contributed by atoms with Crippen molar-refractivity contribution in [1.29, 1.82) is 0 Å². The maximum absolute atomic E-state index is 9.70. The van der Waals surface area contributed by atoms with E-state index >= 15 is 0 Å². The summed E-state index contributed by atoms with van der Waals surface area (Å²) in [6.07, 6.45) is 0.446. The minimum Gasteiger partial charge on any atom is -0.386 e. The number of aliphatic hydroxyl groups excluding tert-OH is 1. The Labute approximate surface area is 93.8 Å². The van der Waals surface area contributed by atoms with Crippen LogP contribution in [0.5, 0.6) is 0 Å². The highest BCUT2D eigenvalue weighted by Crippen LogP contribution is 2.15. The van der Waals surface area contributed by atoms with Crippen molar-refractivity contribution in [2.75, 3.05) is 13.1 Å². The van der Waals surface area contributed by atoms with E-state index in [1.54, 1.807) is 11.3 Å². The molecule has 0 fully saturated rings. The van der Waals surface area contributed by atoms with Gasteiger partial charge >= 0.3 is 0 Å². The molecule has 1 rings (SSSR count). The van der Waals surface area contributed by atoms with E-state index in [2.05, 4.69) is 17.2 Å². The first-order valence-electron chi connectivity index (χ1n) is 4.98. The van der Waals surface area contributed by atoms with E-state index in [0.717, 1.165) is 18.5 Å². The molecule has 1 aromatic heterocycles. The fourth-order valence-electron chi connectivity index (χ4n) is 1.06. The third-order valence-electron chi connectivity index (χ3n) is 1.92. The van der Waals surface area contributed by atoms with Crippen molar-refractivity contribution < 1.29 is 5.11 Å². The van der Waals surface area contributed by atoms with Gasteiger partial charge in [0, 0.05) is 6.54 Å². The molecule has 1 unspecified atom stereocenters. The second-order valence-electron chi connectivity index (χ2n) is 3.23. The summed E-state index contributed by atoms with van der Waals surface area (Å²) in [5.74, 6) is 0.395. The lowest BCUT2D eigenvalue weighted by Crippen LogP contribution is -2.32. The van der Waals surface area contributed by atoms with Gasteiger partial charge in [-0.2, -0.15) is 11.3 Å². The Morgan fingerprint density at radius 3 is 3.13 bits per heavy atom. The summed E-state index contributed by atoms with van der Waals surface area (Å²) in [5.41, 5.74) is 6.49. The van der Waals surface area contributed by atoms with Crippen molar-refractivity contribution in [3.05, 3.63) is 22.4 Å². The molecule has 0 saturated carbocycles. The lowest BCUT2D eigenvalue weighted by molar-refractivity contribution is 0.187. The van der Waals surface area contributed by atoms with Gasteiger partial charge in [0.25, 0.3) is 0 Å². The van der Waals surface area contributed by atoms with Crippen LogP contribution >= 0.6 is 11.3 Å². The van der Waals surface area contributed by atoms with E-state index in [-0.39, 0.29) is 0 Å². The average molecular weight is 227 g/mol. The van der Waals surface area contributed by atoms with Crippen LogP contribution in [0.4, 0.5) is 0 Å². The third-order valence-corrected chi connectivity index (χ3v) is 2.62. The van der Waals surface area contributed by atoms with Crippen LogP contribution in [0.25, 0.3) is 0 Å². The van der Waals surface area contributed by atoms with Gasteiger partial charge in [0.15, 0.2) is 5.96 Å². The van der Waals surface area contributed by atoms with Crippen LogP contribution in [0.2, 0.25) is 0 Å². The number of thiophene rings is 1. The summed E-state index contributed by atoms with van der Waals surface area (Å²) in [6.45, 7) is 3.17. The maximum Gasteiger partial charge on any atom is 0.188 e. The van der Waals surface area contributed by atoms with Crippen LogP contribution in [0.15, 0.2) is 21.8 Å². The topological polar surface area (TPSA) is 70.6 Å². The number of aliphatic hydroxyl groups is 1. The predicted octanol–water partition coefficient (Wildman–Crippen LogP) is 1.10. The lowest BCUT2D eigenvalue weighted by atomic mass is 10.2. The Balaban J connectivity index is 2.35. The standard InChI is InChI=1S/C10H17N3OS/c1-2-4-12-10(11)13-6-9(14)8-3-5-15-7-8/h3,5,7,9,14H,2,4,6H2,1H3,(H3,11,12,13). The second kappa shape index (κ2) is 6.42. The molecule has 0 spiro atoms. The normalized spacial score (nSPS) is 13.9. The van der Waals surface area contributed by atoms with Gasteiger partial charge in [-0.3, -0.25) is 4.99 Å². The number of nitrogens with two attached hydrogens (primary N) is 1. The number of aliphatic imine (C=N–C) groups is 1. The van der Waals surface area contributed by atoms with Crippen molar-refractivity contribution in [3.63, 3.8) is 0 Å². The predicted molar refractivity (Wildman–Crippen MR) is 64.1 cm³/mol. The number of nitrogens with zero attached hydrogens (tertiary/aromatic N) is 1. The minimum absolute atomic E-state index is 0.305. The molecule has 1 heterocycles. The van der Waals surface area contributed by atoms with Crippen LogP contribution in [-0.4, -0.2) is 24.2 Å². The van der Waals surface area contributed by atoms with Crippen molar-refractivity contribution in [2.45, 2.75) is 19.4 Å². The number of rotatable bonds is 5. The molecule has 1 atom stereocenters. The zero-order valence-electron chi connectivity index (χ0n) is 8.81. The Morgan fingerprint density at radius 2 is 2.53 bits per heavy atom. The Bertz CT molecular complexity index is 298. The molecule has 0 bridgehead atoms.